The molecule has 0 spiro atoms. The maximum Gasteiger partial charge on any atom is 0.252 e. The minimum absolute atomic E-state index is 0.205. The number of hydrogen-bond donors (Lipinski definition) is 2. The van der Waals surface area contributed by atoms with E-state index in [1.807, 2.05) is 48.5 Å². The summed E-state index contributed by atoms with van der Waals surface area (Å²) >= 11 is 0. The third kappa shape index (κ3) is 5.87. The average Bonchev–Trinajstić information content (AvgIpc) is 2.77. The third-order valence-corrected chi connectivity index (χ3v) is 4.08. The number of rotatable bonds is 9. The highest BCUT2D eigenvalue weighted by Gasteiger charge is 2.06. The number of anilines is 2. The molecule has 3 aromatic rings. The zero-order valence-electron chi connectivity index (χ0n) is 16.3. The van der Waals surface area contributed by atoms with Crippen molar-refractivity contribution in [1.29, 1.82) is 0 Å². The minimum atomic E-state index is -0.205. The van der Waals surface area contributed by atoms with E-state index in [4.69, 9.17) is 14.2 Å². The number of aromatic nitrogens is 1. The molecule has 0 bridgehead atoms. The van der Waals surface area contributed by atoms with Crippen molar-refractivity contribution in [1.82, 2.24) is 10.3 Å². The first-order valence-electron chi connectivity index (χ1n) is 9.10. The van der Waals surface area contributed by atoms with E-state index in [0.29, 0.717) is 24.5 Å². The molecule has 0 saturated carbocycles. The molecule has 2 N–H and O–H groups in total. The molecular weight excluding hydrogens is 370 g/mol. The first kappa shape index (κ1) is 20.0. The molecule has 0 aliphatic heterocycles. The van der Waals surface area contributed by atoms with Gasteiger partial charge in [-0.3, -0.25) is 4.79 Å². The van der Waals surface area contributed by atoms with Gasteiger partial charge >= 0.3 is 0 Å². The molecule has 0 unspecified atom stereocenters. The van der Waals surface area contributed by atoms with Crippen LogP contribution in [0.15, 0.2) is 66.9 Å². The molecule has 1 heterocycles. The number of methoxy groups -OCH3 is 2. The van der Waals surface area contributed by atoms with Crippen molar-refractivity contribution in [2.75, 3.05) is 32.7 Å². The van der Waals surface area contributed by atoms with Crippen LogP contribution < -0.4 is 24.8 Å². The molecule has 7 nitrogen and oxygen atoms in total. The molecule has 3 rings (SSSR count). The fourth-order valence-corrected chi connectivity index (χ4v) is 2.56. The molecule has 0 radical (unpaired) electrons. The van der Waals surface area contributed by atoms with Crippen LogP contribution in [0.4, 0.5) is 11.5 Å². The van der Waals surface area contributed by atoms with Crippen LogP contribution in [0.3, 0.4) is 0 Å². The topological polar surface area (TPSA) is 81.7 Å². The summed E-state index contributed by atoms with van der Waals surface area (Å²) in [6.07, 6.45) is 1.53. The Bertz CT molecular complexity index is 928. The zero-order valence-corrected chi connectivity index (χ0v) is 16.3. The summed E-state index contributed by atoms with van der Waals surface area (Å²) in [6.45, 7) is 0.746. The van der Waals surface area contributed by atoms with Crippen LogP contribution in [-0.4, -0.2) is 38.3 Å². The van der Waals surface area contributed by atoms with Crippen LogP contribution in [0, 0.1) is 0 Å². The lowest BCUT2D eigenvalue weighted by Crippen LogP contribution is -2.28. The Labute approximate surface area is 169 Å². The molecule has 0 atom stereocenters. The average molecular weight is 393 g/mol. The smallest absolute Gasteiger partial charge is 0.252 e. The van der Waals surface area contributed by atoms with Crippen molar-refractivity contribution < 1.29 is 19.0 Å². The van der Waals surface area contributed by atoms with Crippen molar-refractivity contribution in [3.05, 3.63) is 72.4 Å². The number of nitrogens with zero attached hydrogens (tertiary/aromatic N) is 1. The highest BCUT2D eigenvalue weighted by molar-refractivity contribution is 5.94. The number of pyridine rings is 1. The van der Waals surface area contributed by atoms with Gasteiger partial charge in [-0.1, -0.05) is 6.07 Å². The molecule has 2 aromatic carbocycles. The van der Waals surface area contributed by atoms with E-state index >= 15 is 0 Å². The number of carbonyl (C=O) groups is 1. The van der Waals surface area contributed by atoms with Gasteiger partial charge in [0.05, 0.1) is 26.3 Å². The van der Waals surface area contributed by atoms with Crippen LogP contribution in [-0.2, 0) is 0 Å². The van der Waals surface area contributed by atoms with Crippen LogP contribution in [0.1, 0.15) is 10.4 Å². The molecule has 1 amide bonds. The first-order chi connectivity index (χ1) is 14.2. The summed E-state index contributed by atoms with van der Waals surface area (Å²) in [7, 11) is 3.23. The van der Waals surface area contributed by atoms with Crippen molar-refractivity contribution >= 4 is 17.4 Å². The Hall–Kier alpha value is -3.74. The maximum atomic E-state index is 12.2. The van der Waals surface area contributed by atoms with Gasteiger partial charge in [-0.15, -0.1) is 0 Å². The van der Waals surface area contributed by atoms with Gasteiger partial charge in [-0.25, -0.2) is 4.98 Å². The molecule has 0 saturated heterocycles. The van der Waals surface area contributed by atoms with Crippen molar-refractivity contribution in [3.8, 4) is 17.2 Å². The summed E-state index contributed by atoms with van der Waals surface area (Å²) < 4.78 is 15.9. The predicted octanol–water partition coefficient (Wildman–Crippen LogP) is 3.65. The SMILES string of the molecule is COc1ccc(OCCNC(=O)c2ccc(Nc3cccc(OC)c3)nc2)cc1. The highest BCUT2D eigenvalue weighted by Crippen LogP contribution is 2.20. The van der Waals surface area contributed by atoms with Crippen LogP contribution in [0.5, 0.6) is 17.2 Å². The van der Waals surface area contributed by atoms with Gasteiger partial charge in [0.25, 0.3) is 5.91 Å². The zero-order chi connectivity index (χ0) is 20.5. The van der Waals surface area contributed by atoms with Gasteiger partial charge in [0.1, 0.15) is 29.7 Å². The summed E-state index contributed by atoms with van der Waals surface area (Å²) in [5, 5.41) is 5.98. The van der Waals surface area contributed by atoms with E-state index < -0.39 is 0 Å². The van der Waals surface area contributed by atoms with E-state index in [-0.39, 0.29) is 5.91 Å². The Kier molecular flexibility index (Phi) is 6.89. The molecule has 0 fully saturated rings. The predicted molar refractivity (Wildman–Crippen MR) is 111 cm³/mol. The minimum Gasteiger partial charge on any atom is -0.497 e. The van der Waals surface area contributed by atoms with Gasteiger partial charge in [0, 0.05) is 18.0 Å². The van der Waals surface area contributed by atoms with Crippen LogP contribution in [0.25, 0.3) is 0 Å². The molecule has 1 aromatic heterocycles. The molecule has 0 aliphatic carbocycles. The molecule has 150 valence electrons. The van der Waals surface area contributed by atoms with Crippen molar-refractivity contribution in [3.63, 3.8) is 0 Å². The lowest BCUT2D eigenvalue weighted by molar-refractivity contribution is 0.0946. The van der Waals surface area contributed by atoms with Crippen molar-refractivity contribution in [2.45, 2.75) is 0 Å². The highest BCUT2D eigenvalue weighted by atomic mass is 16.5. The standard InChI is InChI=1S/C22H23N3O4/c1-27-18-7-9-19(10-8-18)29-13-12-23-22(26)16-6-11-21(24-15-16)25-17-4-3-5-20(14-17)28-2/h3-11,14-15H,12-13H2,1-2H3,(H,23,26)(H,24,25). The number of nitrogens with one attached hydrogen (secondary N) is 2. The van der Waals surface area contributed by atoms with E-state index in [2.05, 4.69) is 15.6 Å². The lowest BCUT2D eigenvalue weighted by Gasteiger charge is -2.09. The number of hydrogen-bond acceptors (Lipinski definition) is 6. The molecular formula is C22H23N3O4. The van der Waals surface area contributed by atoms with Gasteiger partial charge in [0.2, 0.25) is 0 Å². The summed E-state index contributed by atoms with van der Waals surface area (Å²) in [5.74, 6) is 2.67. The van der Waals surface area contributed by atoms with E-state index in [1.165, 1.54) is 6.20 Å². The lowest BCUT2D eigenvalue weighted by atomic mass is 10.2. The molecule has 29 heavy (non-hydrogen) atoms. The quantitative estimate of drug-likeness (QED) is 0.540. The normalized spacial score (nSPS) is 10.1. The van der Waals surface area contributed by atoms with Crippen LogP contribution in [0.2, 0.25) is 0 Å². The largest absolute Gasteiger partial charge is 0.497 e. The fraction of sp³-hybridized carbons (Fsp3) is 0.182. The maximum absolute atomic E-state index is 12.2. The fourth-order valence-electron chi connectivity index (χ4n) is 2.56. The number of amides is 1. The Balaban J connectivity index is 1.45. The second-order valence-corrected chi connectivity index (χ2v) is 6.07. The first-order valence-corrected chi connectivity index (χ1v) is 9.10. The van der Waals surface area contributed by atoms with E-state index in [0.717, 1.165) is 22.9 Å². The number of benzene rings is 2. The second-order valence-electron chi connectivity index (χ2n) is 6.07. The Morgan fingerprint density at radius 1 is 0.931 bits per heavy atom. The van der Waals surface area contributed by atoms with Gasteiger partial charge in [-0.2, -0.15) is 0 Å². The summed E-state index contributed by atoms with van der Waals surface area (Å²) in [6, 6.07) is 18.3. The summed E-state index contributed by atoms with van der Waals surface area (Å²) in [4.78, 5) is 16.5. The third-order valence-electron chi connectivity index (χ3n) is 4.08. The van der Waals surface area contributed by atoms with Gasteiger partial charge in [-0.05, 0) is 48.5 Å². The van der Waals surface area contributed by atoms with Crippen LogP contribution >= 0.6 is 0 Å². The number of carbonyl (C=O) groups excluding carboxylic acids is 1. The van der Waals surface area contributed by atoms with Gasteiger partial charge < -0.3 is 24.8 Å². The van der Waals surface area contributed by atoms with Gasteiger partial charge in [0.15, 0.2) is 0 Å². The molecule has 7 heteroatoms. The molecule has 0 aliphatic rings. The second kappa shape index (κ2) is 9.98. The van der Waals surface area contributed by atoms with E-state index in [9.17, 15) is 4.79 Å². The Morgan fingerprint density at radius 3 is 2.38 bits per heavy atom. The van der Waals surface area contributed by atoms with E-state index in [1.54, 1.807) is 26.4 Å². The van der Waals surface area contributed by atoms with Crippen molar-refractivity contribution in [2.24, 2.45) is 0 Å². The summed E-state index contributed by atoms with van der Waals surface area (Å²) in [5.41, 5.74) is 1.33. The number of ether oxygens (including phenoxy) is 3. The Morgan fingerprint density at radius 2 is 1.69 bits per heavy atom. The monoisotopic (exact) mass is 393 g/mol.